The molecule has 16 heavy (non-hydrogen) atoms. The zero-order valence-corrected chi connectivity index (χ0v) is 10.9. The molecule has 2 N–H and O–H groups in total. The highest BCUT2D eigenvalue weighted by molar-refractivity contribution is 5.05. The first-order chi connectivity index (χ1) is 7.64. The van der Waals surface area contributed by atoms with Crippen molar-refractivity contribution >= 4 is 0 Å². The Bertz CT molecular complexity index is 255. The summed E-state index contributed by atoms with van der Waals surface area (Å²) in [6, 6.07) is 0. The smallest absolute Gasteiger partial charge is 0.00744 e. The van der Waals surface area contributed by atoms with E-state index in [1.165, 1.54) is 32.1 Å². The molecule has 2 atom stereocenters. The molecule has 1 heteroatoms. The lowest BCUT2D eigenvalue weighted by molar-refractivity contribution is -0.117. The second-order valence-electron chi connectivity index (χ2n) is 7.23. The average Bonchev–Trinajstić information content (AvgIpc) is 2.22. The third-order valence-corrected chi connectivity index (χ3v) is 6.24. The Morgan fingerprint density at radius 2 is 1.75 bits per heavy atom. The minimum absolute atomic E-state index is 0.738. The molecule has 2 unspecified atom stereocenters. The first-order valence-corrected chi connectivity index (χ1v) is 7.34. The van der Waals surface area contributed by atoms with Crippen LogP contribution >= 0.6 is 0 Å². The number of hydrogen-bond donors (Lipinski definition) is 1. The molecule has 0 saturated heterocycles. The van der Waals surface area contributed by atoms with Gasteiger partial charge < -0.3 is 5.73 Å². The third kappa shape index (κ3) is 1.47. The van der Waals surface area contributed by atoms with E-state index >= 15 is 0 Å². The number of nitrogens with two attached hydrogens (primary N) is 1. The van der Waals surface area contributed by atoms with Crippen LogP contribution in [0.1, 0.15) is 52.4 Å². The molecule has 4 aliphatic rings. The Morgan fingerprint density at radius 3 is 2.25 bits per heavy atom. The summed E-state index contributed by atoms with van der Waals surface area (Å²) in [6.07, 6.45) is 8.99. The predicted octanol–water partition coefficient (Wildman–Crippen LogP) is 3.43. The Balaban J connectivity index is 1.83. The molecular weight excluding hydrogens is 194 g/mol. The van der Waals surface area contributed by atoms with Crippen LogP contribution in [0.15, 0.2) is 0 Å². The monoisotopic (exact) mass is 221 g/mol. The fourth-order valence-corrected chi connectivity index (χ4v) is 5.56. The Kier molecular flexibility index (Phi) is 2.58. The minimum Gasteiger partial charge on any atom is -0.330 e. The molecule has 4 rings (SSSR count). The Hall–Kier alpha value is -0.0400. The summed E-state index contributed by atoms with van der Waals surface area (Å²) < 4.78 is 0. The van der Waals surface area contributed by atoms with E-state index in [9.17, 15) is 0 Å². The van der Waals surface area contributed by atoms with Crippen LogP contribution in [0, 0.1) is 35.0 Å². The predicted molar refractivity (Wildman–Crippen MR) is 68.0 cm³/mol. The van der Waals surface area contributed by atoms with Crippen molar-refractivity contribution < 1.29 is 0 Å². The second kappa shape index (κ2) is 3.73. The van der Waals surface area contributed by atoms with E-state index in [1.807, 2.05) is 0 Å². The summed E-state index contributed by atoms with van der Waals surface area (Å²) >= 11 is 0. The van der Waals surface area contributed by atoms with Crippen LogP contribution < -0.4 is 5.73 Å². The van der Waals surface area contributed by atoms with E-state index < -0.39 is 0 Å². The maximum absolute atomic E-state index is 5.80. The molecule has 4 aliphatic carbocycles. The van der Waals surface area contributed by atoms with E-state index in [2.05, 4.69) is 13.8 Å². The van der Waals surface area contributed by atoms with Crippen molar-refractivity contribution in [1.29, 1.82) is 0 Å². The van der Waals surface area contributed by atoms with Crippen LogP contribution in [0.2, 0.25) is 0 Å². The van der Waals surface area contributed by atoms with E-state index in [-0.39, 0.29) is 0 Å². The van der Waals surface area contributed by atoms with Crippen molar-refractivity contribution in [3.8, 4) is 0 Å². The van der Waals surface area contributed by atoms with Gasteiger partial charge in [0.1, 0.15) is 0 Å². The SMILES string of the molecule is CC(C)C12CC3CC(C1)C(CCN)C(C3)C2. The molecule has 0 spiro atoms. The van der Waals surface area contributed by atoms with Crippen LogP contribution in [-0.4, -0.2) is 6.54 Å². The van der Waals surface area contributed by atoms with Crippen LogP contribution in [-0.2, 0) is 0 Å². The molecule has 1 nitrogen and oxygen atoms in total. The zero-order valence-electron chi connectivity index (χ0n) is 10.9. The van der Waals surface area contributed by atoms with E-state index in [0.717, 1.165) is 41.5 Å². The van der Waals surface area contributed by atoms with Crippen molar-refractivity contribution in [2.24, 2.45) is 40.7 Å². The highest BCUT2D eigenvalue weighted by Gasteiger charge is 2.55. The number of hydrogen-bond acceptors (Lipinski definition) is 1. The summed E-state index contributed by atoms with van der Waals surface area (Å²) in [6.45, 7) is 5.84. The van der Waals surface area contributed by atoms with Gasteiger partial charge in [0.25, 0.3) is 0 Å². The minimum atomic E-state index is 0.738. The fraction of sp³-hybridized carbons (Fsp3) is 1.00. The summed E-state index contributed by atoms with van der Waals surface area (Å²) in [7, 11) is 0. The third-order valence-electron chi connectivity index (χ3n) is 6.24. The molecule has 0 heterocycles. The number of rotatable bonds is 3. The molecule has 0 amide bonds. The molecule has 0 aliphatic heterocycles. The van der Waals surface area contributed by atoms with Gasteiger partial charge in [-0.15, -0.1) is 0 Å². The van der Waals surface area contributed by atoms with Gasteiger partial charge in [-0.3, -0.25) is 0 Å². The molecule has 92 valence electrons. The molecule has 4 saturated carbocycles. The van der Waals surface area contributed by atoms with Gasteiger partial charge in [0.05, 0.1) is 0 Å². The maximum Gasteiger partial charge on any atom is -0.00744 e. The van der Waals surface area contributed by atoms with Crippen molar-refractivity contribution in [1.82, 2.24) is 0 Å². The molecule has 0 aromatic heterocycles. The molecule has 4 bridgehead atoms. The molecular formula is C15H27N. The fourth-order valence-electron chi connectivity index (χ4n) is 5.56. The van der Waals surface area contributed by atoms with E-state index in [4.69, 9.17) is 5.73 Å². The summed E-state index contributed by atoms with van der Waals surface area (Å²) in [5.74, 6) is 5.05. The van der Waals surface area contributed by atoms with Crippen LogP contribution in [0.3, 0.4) is 0 Å². The van der Waals surface area contributed by atoms with Gasteiger partial charge in [-0.05, 0) is 80.1 Å². The quantitative estimate of drug-likeness (QED) is 0.776. The molecule has 0 aromatic rings. The maximum atomic E-state index is 5.80. The topological polar surface area (TPSA) is 26.0 Å². The standard InChI is InChI=1S/C15H27N/c1-10(2)15-7-11-5-12(8-15)14(3-4-16)13(6-11)9-15/h10-14H,3-9,16H2,1-2H3. The lowest BCUT2D eigenvalue weighted by atomic mass is 9.43. The van der Waals surface area contributed by atoms with Crippen molar-refractivity contribution in [2.45, 2.75) is 52.4 Å². The van der Waals surface area contributed by atoms with Crippen molar-refractivity contribution in [2.75, 3.05) is 6.54 Å². The summed E-state index contributed by atoms with van der Waals surface area (Å²) in [4.78, 5) is 0. The second-order valence-corrected chi connectivity index (χ2v) is 7.23. The largest absolute Gasteiger partial charge is 0.330 e. The van der Waals surface area contributed by atoms with E-state index in [0.29, 0.717) is 0 Å². The van der Waals surface area contributed by atoms with Gasteiger partial charge in [0.2, 0.25) is 0 Å². The Labute approximate surface area is 100 Å². The Morgan fingerprint density at radius 1 is 1.12 bits per heavy atom. The highest BCUT2D eigenvalue weighted by Crippen LogP contribution is 2.65. The van der Waals surface area contributed by atoms with Crippen LogP contribution in [0.4, 0.5) is 0 Å². The van der Waals surface area contributed by atoms with Gasteiger partial charge in [-0.2, -0.15) is 0 Å². The molecule has 0 aromatic carbocycles. The molecule has 0 radical (unpaired) electrons. The van der Waals surface area contributed by atoms with Gasteiger partial charge in [-0.1, -0.05) is 13.8 Å². The van der Waals surface area contributed by atoms with Gasteiger partial charge >= 0.3 is 0 Å². The van der Waals surface area contributed by atoms with Crippen molar-refractivity contribution in [3.05, 3.63) is 0 Å². The summed E-state index contributed by atoms with van der Waals surface area (Å²) in [5, 5.41) is 0. The van der Waals surface area contributed by atoms with Crippen molar-refractivity contribution in [3.63, 3.8) is 0 Å². The van der Waals surface area contributed by atoms with Gasteiger partial charge in [0.15, 0.2) is 0 Å². The lowest BCUT2D eigenvalue weighted by Crippen LogP contribution is -2.53. The normalized spacial score (nSPS) is 50.2. The zero-order chi connectivity index (χ0) is 11.3. The van der Waals surface area contributed by atoms with Crippen LogP contribution in [0.25, 0.3) is 0 Å². The molecule has 4 fully saturated rings. The van der Waals surface area contributed by atoms with Gasteiger partial charge in [0, 0.05) is 0 Å². The lowest BCUT2D eigenvalue weighted by Gasteiger charge is -2.62. The van der Waals surface area contributed by atoms with E-state index in [1.54, 1.807) is 6.42 Å². The van der Waals surface area contributed by atoms with Crippen LogP contribution in [0.5, 0.6) is 0 Å². The highest BCUT2D eigenvalue weighted by atomic mass is 14.6. The first kappa shape index (κ1) is 11.1. The summed E-state index contributed by atoms with van der Waals surface area (Å²) in [5.41, 5.74) is 6.54. The first-order valence-electron chi connectivity index (χ1n) is 7.34. The van der Waals surface area contributed by atoms with Gasteiger partial charge in [-0.25, -0.2) is 0 Å². The average molecular weight is 221 g/mol.